The monoisotopic (exact) mass is 420 g/mol. The van der Waals surface area contributed by atoms with Crippen molar-refractivity contribution in [2.45, 2.75) is 20.4 Å². The summed E-state index contributed by atoms with van der Waals surface area (Å²) in [5, 5.41) is 10.9. The summed E-state index contributed by atoms with van der Waals surface area (Å²) >= 11 is 0. The number of halogens is 1. The highest BCUT2D eigenvalue weighted by Gasteiger charge is 2.13. The molecule has 0 amide bonds. The van der Waals surface area contributed by atoms with Gasteiger partial charge in [0.05, 0.1) is 23.2 Å². The van der Waals surface area contributed by atoms with Gasteiger partial charge in [-0.2, -0.15) is 5.26 Å². The number of nitrogens with zero attached hydrogens (tertiary/aromatic N) is 3. The molecule has 0 atom stereocenters. The van der Waals surface area contributed by atoms with E-state index in [4.69, 9.17) is 0 Å². The van der Waals surface area contributed by atoms with Crippen LogP contribution in [0.5, 0.6) is 0 Å². The summed E-state index contributed by atoms with van der Waals surface area (Å²) in [6.45, 7) is 4.52. The van der Waals surface area contributed by atoms with E-state index in [1.54, 1.807) is 12.1 Å². The van der Waals surface area contributed by atoms with E-state index in [0.29, 0.717) is 23.5 Å². The molecule has 156 valence electrons. The molecule has 0 aliphatic carbocycles. The number of aryl methyl sites for hydroxylation is 2. The molecule has 0 aliphatic heterocycles. The topological polar surface area (TPSA) is 57.4 Å². The quantitative estimate of drug-likeness (QED) is 0.343. The van der Waals surface area contributed by atoms with Gasteiger partial charge in [0.15, 0.2) is 0 Å². The van der Waals surface area contributed by atoms with Crippen LogP contribution < -0.4 is 0 Å². The molecule has 5 aromatic rings. The van der Waals surface area contributed by atoms with Gasteiger partial charge in [0.1, 0.15) is 17.7 Å². The number of para-hydroxylation sites is 1. The van der Waals surface area contributed by atoms with E-state index in [9.17, 15) is 9.65 Å². The van der Waals surface area contributed by atoms with Crippen LogP contribution in [0.25, 0.3) is 33.6 Å². The molecule has 2 heterocycles. The molecular formula is C27H21FN4. The number of benzene rings is 3. The second-order valence-electron chi connectivity index (χ2n) is 8.03. The average molecular weight is 420 g/mol. The maximum atomic E-state index is 14.2. The molecule has 5 rings (SSSR count). The molecule has 1 N–H and O–H groups in total. The fourth-order valence-electron chi connectivity index (χ4n) is 4.04. The molecule has 32 heavy (non-hydrogen) atoms. The van der Waals surface area contributed by atoms with Crippen LogP contribution in [-0.4, -0.2) is 14.5 Å². The van der Waals surface area contributed by atoms with Crippen molar-refractivity contribution < 1.29 is 4.39 Å². The van der Waals surface area contributed by atoms with Crippen molar-refractivity contribution in [3.05, 3.63) is 101 Å². The van der Waals surface area contributed by atoms with Crippen molar-refractivity contribution >= 4 is 33.6 Å². The zero-order valence-electron chi connectivity index (χ0n) is 17.9. The van der Waals surface area contributed by atoms with Gasteiger partial charge in [-0.05, 0) is 55.3 Å². The van der Waals surface area contributed by atoms with Crippen LogP contribution in [0, 0.1) is 31.0 Å². The first-order chi connectivity index (χ1) is 15.5. The van der Waals surface area contributed by atoms with E-state index >= 15 is 0 Å². The summed E-state index contributed by atoms with van der Waals surface area (Å²) in [5.74, 6) is 0.311. The number of hydrogen-bond acceptors (Lipinski definition) is 2. The number of fused-ring (bicyclic) bond motifs is 2. The highest BCUT2D eigenvalue weighted by molar-refractivity contribution is 5.98. The predicted octanol–water partition coefficient (Wildman–Crippen LogP) is 6.39. The zero-order valence-corrected chi connectivity index (χ0v) is 17.9. The number of allylic oxidation sites excluding steroid dienone is 1. The van der Waals surface area contributed by atoms with Crippen LogP contribution in [-0.2, 0) is 6.54 Å². The minimum absolute atomic E-state index is 0.229. The lowest BCUT2D eigenvalue weighted by Crippen LogP contribution is -2.00. The minimum Gasteiger partial charge on any atom is -0.342 e. The van der Waals surface area contributed by atoms with Crippen LogP contribution >= 0.6 is 0 Å². The van der Waals surface area contributed by atoms with Crippen molar-refractivity contribution in [3.8, 4) is 6.07 Å². The van der Waals surface area contributed by atoms with Gasteiger partial charge >= 0.3 is 0 Å². The van der Waals surface area contributed by atoms with E-state index < -0.39 is 0 Å². The second-order valence-corrected chi connectivity index (χ2v) is 8.03. The van der Waals surface area contributed by atoms with Gasteiger partial charge in [0, 0.05) is 28.2 Å². The predicted molar refractivity (Wildman–Crippen MR) is 126 cm³/mol. The van der Waals surface area contributed by atoms with Gasteiger partial charge in [-0.15, -0.1) is 0 Å². The van der Waals surface area contributed by atoms with Crippen molar-refractivity contribution in [2.24, 2.45) is 0 Å². The normalized spacial score (nSPS) is 11.9. The van der Waals surface area contributed by atoms with Crippen LogP contribution in [0.4, 0.5) is 4.39 Å². The van der Waals surface area contributed by atoms with Crippen LogP contribution in [0.1, 0.15) is 28.1 Å². The number of nitriles is 1. The Hall–Kier alpha value is -4.17. The Morgan fingerprint density at radius 2 is 1.84 bits per heavy atom. The Balaban J connectivity index is 1.61. The maximum absolute atomic E-state index is 14.2. The Morgan fingerprint density at radius 1 is 1.09 bits per heavy atom. The lowest BCUT2D eigenvalue weighted by atomic mass is 10.1. The molecule has 0 saturated carbocycles. The number of imidazole rings is 1. The second kappa shape index (κ2) is 7.82. The molecular weight excluding hydrogens is 399 g/mol. The largest absolute Gasteiger partial charge is 0.342 e. The van der Waals surface area contributed by atoms with E-state index in [2.05, 4.69) is 36.0 Å². The lowest BCUT2D eigenvalue weighted by molar-refractivity contribution is 0.602. The Bertz CT molecular complexity index is 1510. The van der Waals surface area contributed by atoms with E-state index in [1.165, 1.54) is 11.6 Å². The summed E-state index contributed by atoms with van der Waals surface area (Å²) in [4.78, 5) is 7.92. The molecule has 0 fully saturated rings. The molecule has 0 bridgehead atoms. The molecule has 0 unspecified atom stereocenters. The third-order valence-corrected chi connectivity index (χ3v) is 5.89. The number of rotatable bonds is 4. The summed E-state index contributed by atoms with van der Waals surface area (Å²) in [6, 6.07) is 21.1. The van der Waals surface area contributed by atoms with Crippen molar-refractivity contribution in [1.82, 2.24) is 14.5 Å². The number of aromatic amines is 1. The molecule has 0 saturated heterocycles. The van der Waals surface area contributed by atoms with Crippen LogP contribution in [0.3, 0.4) is 0 Å². The minimum atomic E-state index is -0.229. The molecule has 0 radical (unpaired) electrons. The number of nitrogens with one attached hydrogen (secondary N) is 1. The standard InChI is InChI=1S/C27H21FN4/c1-17-11-24-25(12-18(17)2)31-27(30-24)20(14-29)13-21-16-32(26-10-6-4-8-22(21)26)15-19-7-3-5-9-23(19)28/h3-13,16H,15H2,1-2H3,(H,30,31)/b20-13-. The van der Waals surface area contributed by atoms with Crippen molar-refractivity contribution in [2.75, 3.05) is 0 Å². The van der Waals surface area contributed by atoms with Crippen LogP contribution in [0.2, 0.25) is 0 Å². The number of aromatic nitrogens is 3. The smallest absolute Gasteiger partial charge is 0.149 e. The zero-order chi connectivity index (χ0) is 22.2. The summed E-state index contributed by atoms with van der Waals surface area (Å²) in [7, 11) is 0. The van der Waals surface area contributed by atoms with Crippen molar-refractivity contribution in [1.29, 1.82) is 5.26 Å². The highest BCUT2D eigenvalue weighted by atomic mass is 19.1. The SMILES string of the molecule is Cc1cc2nc(/C(C#N)=C\c3cn(Cc4ccccc4F)c4ccccc34)[nH]c2cc1C. The van der Waals surface area contributed by atoms with E-state index in [-0.39, 0.29) is 5.82 Å². The van der Waals surface area contributed by atoms with Crippen LogP contribution in [0.15, 0.2) is 66.9 Å². The molecule has 0 spiro atoms. The molecule has 3 aromatic carbocycles. The Labute approximate surface area is 185 Å². The average Bonchev–Trinajstić information content (AvgIpc) is 3.35. The Kier molecular flexibility index (Phi) is 4.84. The molecule has 2 aromatic heterocycles. The van der Waals surface area contributed by atoms with E-state index in [0.717, 1.165) is 33.1 Å². The fraction of sp³-hybridized carbons (Fsp3) is 0.111. The first-order valence-corrected chi connectivity index (χ1v) is 10.4. The lowest BCUT2D eigenvalue weighted by Gasteiger charge is -2.06. The molecule has 4 nitrogen and oxygen atoms in total. The first kappa shape index (κ1) is 19.8. The highest BCUT2D eigenvalue weighted by Crippen LogP contribution is 2.27. The fourth-order valence-corrected chi connectivity index (χ4v) is 4.04. The number of hydrogen-bond donors (Lipinski definition) is 1. The van der Waals surface area contributed by atoms with Gasteiger partial charge in [-0.3, -0.25) is 0 Å². The van der Waals surface area contributed by atoms with Gasteiger partial charge in [-0.1, -0.05) is 36.4 Å². The first-order valence-electron chi connectivity index (χ1n) is 10.4. The van der Waals surface area contributed by atoms with Gasteiger partial charge in [0.2, 0.25) is 0 Å². The Morgan fingerprint density at radius 3 is 2.66 bits per heavy atom. The molecule has 5 heteroatoms. The third-order valence-electron chi connectivity index (χ3n) is 5.89. The van der Waals surface area contributed by atoms with Gasteiger partial charge in [0.25, 0.3) is 0 Å². The van der Waals surface area contributed by atoms with E-state index in [1.807, 2.05) is 53.2 Å². The summed E-state index contributed by atoms with van der Waals surface area (Å²) in [5.41, 5.74) is 7.02. The number of H-pyrrole nitrogens is 1. The van der Waals surface area contributed by atoms with Gasteiger partial charge < -0.3 is 9.55 Å². The van der Waals surface area contributed by atoms with Gasteiger partial charge in [-0.25, -0.2) is 9.37 Å². The molecule has 0 aliphatic rings. The van der Waals surface area contributed by atoms with Crippen molar-refractivity contribution in [3.63, 3.8) is 0 Å². The summed E-state index contributed by atoms with van der Waals surface area (Å²) < 4.78 is 16.3. The summed E-state index contributed by atoms with van der Waals surface area (Å²) in [6.07, 6.45) is 3.81. The maximum Gasteiger partial charge on any atom is 0.149 e. The third kappa shape index (κ3) is 3.46.